The second-order valence-electron chi connectivity index (χ2n) is 10.6. The summed E-state index contributed by atoms with van der Waals surface area (Å²) in [6, 6.07) is 31.8. The van der Waals surface area contributed by atoms with Crippen molar-refractivity contribution in [2.24, 2.45) is 0 Å². The number of ketones is 1. The van der Waals surface area contributed by atoms with E-state index in [0.29, 0.717) is 0 Å². The number of rotatable bonds is 2. The summed E-state index contributed by atoms with van der Waals surface area (Å²) in [5, 5.41) is 10.8. The number of aliphatic hydroxyl groups is 1. The van der Waals surface area contributed by atoms with Gasteiger partial charge in [0.05, 0.1) is 5.76 Å². The van der Waals surface area contributed by atoms with Gasteiger partial charge in [-0.1, -0.05) is 65.2 Å². The number of nitrogens with zero attached hydrogens (tertiary/aromatic N) is 3. The van der Waals surface area contributed by atoms with Crippen molar-refractivity contribution in [3.8, 4) is 33.5 Å². The number of carbonyl (C=O) groups excluding carboxylic acids is 1. The Balaban J connectivity index is 0.000000371. The van der Waals surface area contributed by atoms with Crippen LogP contribution in [0.15, 0.2) is 122 Å². The van der Waals surface area contributed by atoms with Crippen molar-refractivity contribution in [2.75, 3.05) is 0 Å². The van der Waals surface area contributed by atoms with E-state index in [1.807, 2.05) is 37.1 Å². The predicted molar refractivity (Wildman–Crippen MR) is 165 cm³/mol. The number of aromatic nitrogens is 3. The first-order valence-corrected chi connectivity index (χ1v) is 13.8. The topological polar surface area (TPSA) is 76.0 Å². The smallest absolute Gasteiger partial charge is 0.155 e. The van der Waals surface area contributed by atoms with E-state index in [2.05, 4.69) is 88.8 Å². The summed E-state index contributed by atoms with van der Waals surface area (Å²) in [5.74, 6) is -0.0625. The molecule has 0 fully saturated rings. The maximum absolute atomic E-state index is 10.0. The molecule has 1 spiro atoms. The number of hydrogen-bond donors (Lipinski definition) is 1. The molecule has 0 unspecified atom stereocenters. The van der Waals surface area contributed by atoms with Crippen molar-refractivity contribution >= 4 is 16.6 Å². The van der Waals surface area contributed by atoms with Crippen molar-refractivity contribution in [1.29, 1.82) is 0 Å². The number of fused-ring (bicyclic) bond motifs is 11. The summed E-state index contributed by atoms with van der Waals surface area (Å²) in [6.45, 7) is 2.85. The second kappa shape index (κ2) is 11.1. The molecule has 8 rings (SSSR count). The maximum Gasteiger partial charge on any atom is 0.155 e. The molecule has 2 aliphatic carbocycles. The van der Waals surface area contributed by atoms with E-state index in [1.165, 1.54) is 58.5 Å². The quantitative estimate of drug-likeness (QED) is 0.111. The van der Waals surface area contributed by atoms with Crippen LogP contribution in [-0.2, 0) is 30.3 Å². The summed E-state index contributed by atoms with van der Waals surface area (Å²) in [5.41, 5.74) is 11.1. The molecule has 43 heavy (non-hydrogen) atoms. The number of carbonyl (C=O) groups is 1. The number of hydrogen-bond acceptors (Lipinski definition) is 5. The van der Waals surface area contributed by atoms with Crippen molar-refractivity contribution in [3.05, 3.63) is 150 Å². The molecule has 6 heteroatoms. The summed E-state index contributed by atoms with van der Waals surface area (Å²) in [7, 11) is 0. The minimum atomic E-state index is -0.466. The fourth-order valence-electron chi connectivity index (χ4n) is 6.57. The van der Waals surface area contributed by atoms with Gasteiger partial charge in [-0.25, -0.2) is 0 Å². The fourth-order valence-corrected chi connectivity index (χ4v) is 6.57. The third-order valence-electron chi connectivity index (χ3n) is 8.05. The Kier molecular flexibility index (Phi) is 7.35. The fraction of sp³-hybridized carbons (Fsp3) is 0.0811. The normalized spacial score (nSPS) is 13.2. The molecule has 5 nitrogen and oxygen atoms in total. The summed E-state index contributed by atoms with van der Waals surface area (Å²) < 4.78 is 0. The molecule has 0 saturated carbocycles. The Morgan fingerprint density at radius 1 is 0.791 bits per heavy atom. The zero-order valence-corrected chi connectivity index (χ0v) is 25.9. The van der Waals surface area contributed by atoms with Crippen LogP contribution in [0.4, 0.5) is 0 Å². The van der Waals surface area contributed by atoms with Gasteiger partial charge in [0.25, 0.3) is 0 Å². The van der Waals surface area contributed by atoms with Gasteiger partial charge in [0, 0.05) is 73.7 Å². The standard InChI is InChI=1S/C32H18N3.C5H8O2.Ir/c1-2-7-22-20(5-1)6-3-8-23(22)21-10-11-24-30(17-21)32(29-9-4-14-35-31(24)29)27-12-15-33-18-25(27)26-19-34-16-13-28(26)32;1-4(6)3-5(2)7;/h1-10,12-19H;3,6H,1-2H3;/q-1;;/b;4-3-;. The van der Waals surface area contributed by atoms with Crippen molar-refractivity contribution < 1.29 is 30.0 Å². The molecule has 2 aliphatic rings. The van der Waals surface area contributed by atoms with Crippen molar-refractivity contribution in [2.45, 2.75) is 19.3 Å². The van der Waals surface area contributed by atoms with Crippen LogP contribution in [-0.4, -0.2) is 25.8 Å². The average Bonchev–Trinajstić information content (AvgIpc) is 3.47. The van der Waals surface area contributed by atoms with Gasteiger partial charge < -0.3 is 10.1 Å². The Labute approximate surface area is 263 Å². The molecule has 211 valence electrons. The van der Waals surface area contributed by atoms with Gasteiger partial charge in [-0.15, -0.1) is 29.3 Å². The first-order valence-electron chi connectivity index (χ1n) is 13.8. The Hall–Kier alpha value is -4.77. The summed E-state index contributed by atoms with van der Waals surface area (Å²) in [6.07, 6.45) is 10.8. The van der Waals surface area contributed by atoms with Crippen molar-refractivity contribution in [1.82, 2.24) is 15.0 Å². The maximum atomic E-state index is 10.0. The van der Waals surface area contributed by atoms with E-state index in [4.69, 9.17) is 10.1 Å². The van der Waals surface area contributed by atoms with Gasteiger partial charge >= 0.3 is 0 Å². The third-order valence-corrected chi connectivity index (χ3v) is 8.05. The minimum absolute atomic E-state index is 0. The Bertz CT molecular complexity index is 1990. The van der Waals surface area contributed by atoms with Crippen LogP contribution in [0.5, 0.6) is 0 Å². The van der Waals surface area contributed by atoms with Gasteiger partial charge in [-0.2, -0.15) is 0 Å². The molecule has 0 bridgehead atoms. The molecule has 6 aromatic rings. The SMILES string of the molecule is CC(=O)/C=C(/C)O.[Ir].[c-]1cc(-c2cccc3ccccc23)cc2c1-c1ncccc1C21c2ccncc2-c2cnccc21. The molecule has 0 atom stereocenters. The van der Waals surface area contributed by atoms with Crippen LogP contribution >= 0.6 is 0 Å². The van der Waals surface area contributed by atoms with Gasteiger partial charge in [0.15, 0.2) is 5.78 Å². The van der Waals surface area contributed by atoms with Crippen LogP contribution < -0.4 is 0 Å². The largest absolute Gasteiger partial charge is 0.512 e. The van der Waals surface area contributed by atoms with Gasteiger partial charge in [-0.3, -0.25) is 14.8 Å². The van der Waals surface area contributed by atoms with E-state index >= 15 is 0 Å². The van der Waals surface area contributed by atoms with Gasteiger partial charge in [0.1, 0.15) is 0 Å². The molecular formula is C37H26IrN3O2-. The Morgan fingerprint density at radius 2 is 1.49 bits per heavy atom. The van der Waals surface area contributed by atoms with Gasteiger partial charge in [0.2, 0.25) is 0 Å². The average molecular weight is 737 g/mol. The monoisotopic (exact) mass is 737 g/mol. The van der Waals surface area contributed by atoms with Crippen LogP contribution in [0.25, 0.3) is 44.3 Å². The van der Waals surface area contributed by atoms with E-state index in [9.17, 15) is 4.79 Å². The molecule has 3 heterocycles. The number of pyridine rings is 3. The molecule has 0 amide bonds. The molecule has 0 aliphatic heterocycles. The molecular weight excluding hydrogens is 711 g/mol. The van der Waals surface area contributed by atoms with E-state index in [1.54, 1.807) is 0 Å². The molecule has 0 saturated heterocycles. The first kappa shape index (κ1) is 28.4. The zero-order chi connectivity index (χ0) is 28.8. The molecule has 3 aromatic carbocycles. The first-order chi connectivity index (χ1) is 20.5. The van der Waals surface area contributed by atoms with E-state index in [-0.39, 0.29) is 31.6 Å². The number of aliphatic hydroxyl groups excluding tert-OH is 1. The minimum Gasteiger partial charge on any atom is -0.512 e. The predicted octanol–water partition coefficient (Wildman–Crippen LogP) is 7.87. The van der Waals surface area contributed by atoms with Crippen LogP contribution in [0.2, 0.25) is 0 Å². The van der Waals surface area contributed by atoms with E-state index in [0.717, 1.165) is 27.9 Å². The van der Waals surface area contributed by atoms with Gasteiger partial charge in [-0.05, 0) is 59.6 Å². The molecule has 3 aromatic heterocycles. The van der Waals surface area contributed by atoms with E-state index < -0.39 is 5.41 Å². The number of benzene rings is 3. The zero-order valence-electron chi connectivity index (χ0n) is 23.5. The van der Waals surface area contributed by atoms with Crippen LogP contribution in [0.3, 0.4) is 0 Å². The van der Waals surface area contributed by atoms with Crippen LogP contribution in [0, 0.1) is 6.07 Å². The second-order valence-corrected chi connectivity index (χ2v) is 10.6. The number of allylic oxidation sites excluding steroid dienone is 2. The van der Waals surface area contributed by atoms with Crippen molar-refractivity contribution in [3.63, 3.8) is 0 Å². The third kappa shape index (κ3) is 4.42. The molecule has 1 N–H and O–H groups in total. The molecule has 1 radical (unpaired) electrons. The summed E-state index contributed by atoms with van der Waals surface area (Å²) in [4.78, 5) is 23.8. The Morgan fingerprint density at radius 3 is 2.16 bits per heavy atom. The summed E-state index contributed by atoms with van der Waals surface area (Å²) >= 11 is 0. The van der Waals surface area contributed by atoms with Crippen LogP contribution in [0.1, 0.15) is 36.1 Å².